The van der Waals surface area contributed by atoms with Crippen LogP contribution < -0.4 is 0 Å². The van der Waals surface area contributed by atoms with Crippen LogP contribution in [0, 0.1) is 0 Å². The summed E-state index contributed by atoms with van der Waals surface area (Å²) < 4.78 is 0. The molecule has 0 aliphatic carbocycles. The summed E-state index contributed by atoms with van der Waals surface area (Å²) in [4.78, 5) is 23.0. The highest BCUT2D eigenvalue weighted by Crippen LogP contribution is 2.26. The summed E-state index contributed by atoms with van der Waals surface area (Å²) in [6.07, 6.45) is 4.49. The SMILES string of the molecule is CC(C)(C)c1nccc(-c2cc3cc(/C=C/C(=O)O)ccc3[nH]2)n1. The Kier molecular flexibility index (Phi) is 3.93. The minimum absolute atomic E-state index is 0.114. The van der Waals surface area contributed by atoms with Gasteiger partial charge in [-0.05, 0) is 35.9 Å². The number of H-pyrrole nitrogens is 1. The van der Waals surface area contributed by atoms with Crippen molar-refractivity contribution in [2.75, 3.05) is 0 Å². The molecule has 0 saturated heterocycles. The average Bonchev–Trinajstić information content (AvgIpc) is 2.95. The molecule has 2 N–H and O–H groups in total. The minimum atomic E-state index is -0.958. The molecule has 3 rings (SSSR count). The zero-order chi connectivity index (χ0) is 17.3. The number of aromatic amines is 1. The van der Waals surface area contributed by atoms with Crippen molar-refractivity contribution in [3.63, 3.8) is 0 Å². The lowest BCUT2D eigenvalue weighted by atomic mass is 9.95. The summed E-state index contributed by atoms with van der Waals surface area (Å²) in [5.41, 5.74) is 3.46. The van der Waals surface area contributed by atoms with Gasteiger partial charge in [0.15, 0.2) is 0 Å². The molecule has 0 bridgehead atoms. The molecule has 2 heterocycles. The Morgan fingerprint density at radius 1 is 1.21 bits per heavy atom. The van der Waals surface area contributed by atoms with Crippen LogP contribution in [0.1, 0.15) is 32.2 Å². The van der Waals surface area contributed by atoms with Gasteiger partial charge in [0.1, 0.15) is 5.82 Å². The largest absolute Gasteiger partial charge is 0.478 e. The van der Waals surface area contributed by atoms with Crippen molar-refractivity contribution in [1.29, 1.82) is 0 Å². The number of benzene rings is 1. The van der Waals surface area contributed by atoms with Crippen molar-refractivity contribution in [2.24, 2.45) is 0 Å². The molecule has 0 atom stereocenters. The molecule has 5 heteroatoms. The number of nitrogens with zero attached hydrogens (tertiary/aromatic N) is 2. The summed E-state index contributed by atoms with van der Waals surface area (Å²) in [6, 6.07) is 9.66. The first-order chi connectivity index (χ1) is 11.3. The lowest BCUT2D eigenvalue weighted by Gasteiger charge is -2.16. The number of hydrogen-bond donors (Lipinski definition) is 2. The van der Waals surface area contributed by atoms with Crippen LogP contribution >= 0.6 is 0 Å². The Morgan fingerprint density at radius 3 is 2.71 bits per heavy atom. The summed E-state index contributed by atoms with van der Waals surface area (Å²) in [6.45, 7) is 6.25. The van der Waals surface area contributed by atoms with E-state index in [2.05, 4.69) is 35.7 Å². The molecule has 122 valence electrons. The second-order valence-electron chi connectivity index (χ2n) is 6.72. The number of rotatable bonds is 3. The lowest BCUT2D eigenvalue weighted by Crippen LogP contribution is -2.15. The van der Waals surface area contributed by atoms with E-state index in [1.165, 1.54) is 0 Å². The van der Waals surface area contributed by atoms with Crippen molar-refractivity contribution in [1.82, 2.24) is 15.0 Å². The van der Waals surface area contributed by atoms with Crippen molar-refractivity contribution in [3.05, 3.63) is 54.0 Å². The van der Waals surface area contributed by atoms with Gasteiger partial charge in [0, 0.05) is 28.6 Å². The van der Waals surface area contributed by atoms with Crippen LogP contribution in [-0.4, -0.2) is 26.0 Å². The molecular formula is C19H19N3O2. The predicted molar refractivity (Wildman–Crippen MR) is 94.7 cm³/mol. The Bertz CT molecular complexity index is 933. The average molecular weight is 321 g/mol. The Hall–Kier alpha value is -2.95. The predicted octanol–water partition coefficient (Wildman–Crippen LogP) is 4.02. The van der Waals surface area contributed by atoms with Gasteiger partial charge in [-0.3, -0.25) is 0 Å². The van der Waals surface area contributed by atoms with Gasteiger partial charge >= 0.3 is 5.97 Å². The molecule has 0 radical (unpaired) electrons. The van der Waals surface area contributed by atoms with Crippen molar-refractivity contribution < 1.29 is 9.90 Å². The number of nitrogens with one attached hydrogen (secondary N) is 1. The van der Waals surface area contributed by atoms with Crippen LogP contribution in [0.4, 0.5) is 0 Å². The number of carboxylic acids is 1. The fourth-order valence-electron chi connectivity index (χ4n) is 2.43. The molecule has 24 heavy (non-hydrogen) atoms. The third kappa shape index (κ3) is 3.35. The molecule has 0 spiro atoms. The van der Waals surface area contributed by atoms with E-state index in [4.69, 9.17) is 5.11 Å². The van der Waals surface area contributed by atoms with Crippen LogP contribution in [0.3, 0.4) is 0 Å². The van der Waals surface area contributed by atoms with E-state index in [0.717, 1.165) is 39.8 Å². The van der Waals surface area contributed by atoms with E-state index in [1.807, 2.05) is 30.3 Å². The summed E-state index contributed by atoms with van der Waals surface area (Å²) in [7, 11) is 0. The minimum Gasteiger partial charge on any atom is -0.478 e. The van der Waals surface area contributed by atoms with E-state index in [0.29, 0.717) is 0 Å². The number of fused-ring (bicyclic) bond motifs is 1. The maximum atomic E-state index is 10.6. The van der Waals surface area contributed by atoms with Gasteiger partial charge in [-0.15, -0.1) is 0 Å². The van der Waals surface area contributed by atoms with Crippen LogP contribution in [0.5, 0.6) is 0 Å². The standard InChI is InChI=1S/C19H19N3O2/c1-19(2,3)18-20-9-8-15(22-18)16-11-13-10-12(5-7-17(23)24)4-6-14(13)21-16/h4-11,21H,1-3H3,(H,23,24)/b7-5+. The second kappa shape index (κ2) is 5.92. The molecule has 0 saturated carbocycles. The van der Waals surface area contributed by atoms with Crippen molar-refractivity contribution in [2.45, 2.75) is 26.2 Å². The highest BCUT2D eigenvalue weighted by atomic mass is 16.4. The van der Waals surface area contributed by atoms with Crippen molar-refractivity contribution in [3.8, 4) is 11.4 Å². The van der Waals surface area contributed by atoms with E-state index < -0.39 is 5.97 Å². The van der Waals surface area contributed by atoms with Crippen molar-refractivity contribution >= 4 is 22.9 Å². The quantitative estimate of drug-likeness (QED) is 0.714. The maximum absolute atomic E-state index is 10.6. The third-order valence-electron chi connectivity index (χ3n) is 3.67. The molecule has 0 unspecified atom stereocenters. The topological polar surface area (TPSA) is 78.9 Å². The highest BCUT2D eigenvalue weighted by molar-refractivity contribution is 5.89. The summed E-state index contributed by atoms with van der Waals surface area (Å²) >= 11 is 0. The first-order valence-corrected chi connectivity index (χ1v) is 7.70. The number of aliphatic carboxylic acids is 1. The molecule has 5 nitrogen and oxygen atoms in total. The molecule has 0 fully saturated rings. The lowest BCUT2D eigenvalue weighted by molar-refractivity contribution is -0.131. The summed E-state index contributed by atoms with van der Waals surface area (Å²) in [5.74, 6) is -0.163. The van der Waals surface area contributed by atoms with Crippen LogP contribution in [0.15, 0.2) is 42.6 Å². The van der Waals surface area contributed by atoms with Crippen LogP contribution in [0.2, 0.25) is 0 Å². The first-order valence-electron chi connectivity index (χ1n) is 7.70. The molecule has 3 aromatic rings. The van der Waals surface area contributed by atoms with Gasteiger partial charge in [-0.1, -0.05) is 26.8 Å². The molecule has 0 amide bonds. The van der Waals surface area contributed by atoms with Gasteiger partial charge in [0.25, 0.3) is 0 Å². The fraction of sp³-hybridized carbons (Fsp3) is 0.211. The monoisotopic (exact) mass is 321 g/mol. The van der Waals surface area contributed by atoms with Gasteiger partial charge in [0.2, 0.25) is 0 Å². The smallest absolute Gasteiger partial charge is 0.328 e. The molecule has 2 aromatic heterocycles. The van der Waals surface area contributed by atoms with Gasteiger partial charge in [-0.25, -0.2) is 14.8 Å². The number of carboxylic acid groups (broad SMARTS) is 1. The number of hydrogen-bond acceptors (Lipinski definition) is 3. The van der Waals surface area contributed by atoms with Gasteiger partial charge in [-0.2, -0.15) is 0 Å². The fourth-order valence-corrected chi connectivity index (χ4v) is 2.43. The van der Waals surface area contributed by atoms with E-state index >= 15 is 0 Å². The zero-order valence-electron chi connectivity index (χ0n) is 13.9. The van der Waals surface area contributed by atoms with Gasteiger partial charge < -0.3 is 10.1 Å². The van der Waals surface area contributed by atoms with Crippen LogP contribution in [-0.2, 0) is 10.2 Å². The molecular weight excluding hydrogens is 302 g/mol. The number of carbonyl (C=O) groups is 1. The normalized spacial score (nSPS) is 12.1. The Balaban J connectivity index is 2.01. The Labute approximate surface area is 140 Å². The molecule has 0 aliphatic heterocycles. The zero-order valence-corrected chi connectivity index (χ0v) is 13.9. The van der Waals surface area contributed by atoms with E-state index in [-0.39, 0.29) is 5.41 Å². The van der Waals surface area contributed by atoms with Gasteiger partial charge in [0.05, 0.1) is 11.4 Å². The Morgan fingerprint density at radius 2 is 2.00 bits per heavy atom. The molecule has 1 aromatic carbocycles. The van der Waals surface area contributed by atoms with E-state index in [9.17, 15) is 4.79 Å². The second-order valence-corrected chi connectivity index (χ2v) is 6.72. The number of aromatic nitrogens is 3. The summed E-state index contributed by atoms with van der Waals surface area (Å²) in [5, 5.41) is 9.73. The highest BCUT2D eigenvalue weighted by Gasteiger charge is 2.18. The van der Waals surface area contributed by atoms with Crippen LogP contribution in [0.25, 0.3) is 28.4 Å². The first kappa shape index (κ1) is 15.9. The third-order valence-corrected chi connectivity index (χ3v) is 3.67. The molecule has 0 aliphatic rings. The van der Waals surface area contributed by atoms with E-state index in [1.54, 1.807) is 12.3 Å². The maximum Gasteiger partial charge on any atom is 0.328 e.